The van der Waals surface area contributed by atoms with Crippen LogP contribution in [0, 0.1) is 5.82 Å². The maximum atomic E-state index is 15.2. The van der Waals surface area contributed by atoms with E-state index in [2.05, 4.69) is 20.5 Å². The summed E-state index contributed by atoms with van der Waals surface area (Å²) < 4.78 is 27.0. The predicted molar refractivity (Wildman–Crippen MR) is 94.6 cm³/mol. The van der Waals surface area contributed by atoms with Gasteiger partial charge in [-0.05, 0) is 39.0 Å². The number of carbonyl (C=O) groups is 1. The fourth-order valence-electron chi connectivity index (χ4n) is 3.45. The Morgan fingerprint density at radius 1 is 1.38 bits per heavy atom. The normalized spacial score (nSPS) is 19.3. The number of rotatable bonds is 8. The molecule has 1 amide bonds. The molecule has 2 heterocycles. The summed E-state index contributed by atoms with van der Waals surface area (Å²) in [4.78, 5) is 11.2. The summed E-state index contributed by atoms with van der Waals surface area (Å²) in [5.41, 5.74) is 1.19. The monoisotopic (exact) mass is 368 g/mol. The van der Waals surface area contributed by atoms with Crippen LogP contribution >= 0.6 is 0 Å². The van der Waals surface area contributed by atoms with Gasteiger partial charge in [0.05, 0.1) is 18.8 Å². The molecular formula is C18H29FN4O3. The Morgan fingerprint density at radius 2 is 2.12 bits per heavy atom. The van der Waals surface area contributed by atoms with Crippen LogP contribution in [0.15, 0.2) is 0 Å². The van der Waals surface area contributed by atoms with Crippen molar-refractivity contribution in [3.05, 3.63) is 17.2 Å². The first-order valence-corrected chi connectivity index (χ1v) is 9.51. The number of nitrogens with zero attached hydrogens (tertiary/aromatic N) is 2. The molecule has 0 unspecified atom stereocenters. The summed E-state index contributed by atoms with van der Waals surface area (Å²) >= 11 is 0. The number of alkyl carbamates (subject to hydrolysis) is 1. The van der Waals surface area contributed by atoms with Crippen LogP contribution in [0.2, 0.25) is 0 Å². The van der Waals surface area contributed by atoms with Gasteiger partial charge in [-0.25, -0.2) is 9.18 Å². The molecule has 0 aromatic carbocycles. The van der Waals surface area contributed by atoms with Crippen molar-refractivity contribution in [2.24, 2.45) is 0 Å². The number of nitrogens with one attached hydrogen (secondary N) is 2. The average Bonchev–Trinajstić information content (AvgIpc) is 3.40. The third-order valence-corrected chi connectivity index (χ3v) is 5.04. The number of methoxy groups -OCH3 is 1. The molecule has 1 atom stereocenters. The van der Waals surface area contributed by atoms with Crippen molar-refractivity contribution in [2.75, 3.05) is 26.9 Å². The van der Waals surface area contributed by atoms with Crippen LogP contribution in [0.1, 0.15) is 62.4 Å². The van der Waals surface area contributed by atoms with Crippen molar-refractivity contribution in [2.45, 2.75) is 63.6 Å². The Labute approximate surface area is 153 Å². The van der Waals surface area contributed by atoms with Crippen molar-refractivity contribution in [3.63, 3.8) is 0 Å². The number of carbonyl (C=O) groups excluding carboxylic acids is 1. The van der Waals surface area contributed by atoms with Gasteiger partial charge in [0.25, 0.3) is 0 Å². The van der Waals surface area contributed by atoms with Gasteiger partial charge >= 0.3 is 6.09 Å². The Hall–Kier alpha value is -1.67. The fraction of sp³-hybridized carbons (Fsp3) is 0.778. The van der Waals surface area contributed by atoms with E-state index in [-0.39, 0.29) is 17.8 Å². The highest BCUT2D eigenvalue weighted by Gasteiger charge is 2.31. The molecule has 146 valence electrons. The van der Waals surface area contributed by atoms with Crippen LogP contribution in [0.25, 0.3) is 0 Å². The number of ether oxygens (including phenoxy) is 2. The summed E-state index contributed by atoms with van der Waals surface area (Å²) in [6, 6.07) is 0.390. The highest BCUT2D eigenvalue weighted by atomic mass is 19.1. The van der Waals surface area contributed by atoms with Crippen molar-refractivity contribution in [1.29, 1.82) is 0 Å². The number of aryl methyl sites for hydroxylation is 1. The molecule has 26 heavy (non-hydrogen) atoms. The van der Waals surface area contributed by atoms with Crippen molar-refractivity contribution in [3.8, 4) is 0 Å². The zero-order valence-electron chi connectivity index (χ0n) is 15.6. The van der Waals surface area contributed by atoms with E-state index >= 15 is 4.39 Å². The number of hydrogen-bond donors (Lipinski definition) is 2. The largest absolute Gasteiger partial charge is 0.453 e. The smallest absolute Gasteiger partial charge is 0.406 e. The van der Waals surface area contributed by atoms with Crippen LogP contribution in [0.5, 0.6) is 0 Å². The summed E-state index contributed by atoms with van der Waals surface area (Å²) in [6.07, 6.45) is 4.14. The Bertz CT molecular complexity index is 612. The third-order valence-electron chi connectivity index (χ3n) is 5.04. The Balaban J connectivity index is 1.72. The minimum atomic E-state index is -0.454. The lowest BCUT2D eigenvalue weighted by Crippen LogP contribution is -2.25. The standard InChI is InChI=1S/C18H29FN4O3/c1-12(21-14-4-5-14)16-15(19)17(13-6-10-26-11-7-13)23(22-16)9-3-8-20-18(24)25-2/h12-14,21H,3-11H2,1-2H3,(H,20,24)/t12-/m1/s1. The molecule has 1 aliphatic heterocycles. The second kappa shape index (κ2) is 8.81. The third kappa shape index (κ3) is 4.73. The lowest BCUT2D eigenvalue weighted by molar-refractivity contribution is 0.0826. The van der Waals surface area contributed by atoms with Gasteiger partial charge in [-0.3, -0.25) is 4.68 Å². The molecule has 2 N–H and O–H groups in total. The predicted octanol–water partition coefficient (Wildman–Crippen LogP) is 2.48. The molecular weight excluding hydrogens is 339 g/mol. The molecule has 1 aromatic rings. The molecule has 0 spiro atoms. The van der Waals surface area contributed by atoms with E-state index in [1.807, 2.05) is 6.92 Å². The second-order valence-corrected chi connectivity index (χ2v) is 7.13. The molecule has 0 radical (unpaired) electrons. The molecule has 8 heteroatoms. The van der Waals surface area contributed by atoms with Crippen LogP contribution in [0.3, 0.4) is 0 Å². The molecule has 1 saturated carbocycles. The fourth-order valence-corrected chi connectivity index (χ4v) is 3.45. The van der Waals surface area contributed by atoms with E-state index in [0.717, 1.165) is 25.7 Å². The van der Waals surface area contributed by atoms with E-state index in [0.29, 0.717) is 50.2 Å². The lowest BCUT2D eigenvalue weighted by Gasteiger charge is -2.23. The molecule has 3 rings (SSSR count). The Kier molecular flexibility index (Phi) is 6.48. The lowest BCUT2D eigenvalue weighted by atomic mass is 9.95. The molecule has 1 saturated heterocycles. The number of amides is 1. The highest BCUT2D eigenvalue weighted by Crippen LogP contribution is 2.33. The highest BCUT2D eigenvalue weighted by molar-refractivity contribution is 5.66. The van der Waals surface area contributed by atoms with Crippen LogP contribution in [-0.4, -0.2) is 48.8 Å². The molecule has 1 aliphatic carbocycles. The molecule has 1 aromatic heterocycles. The average molecular weight is 368 g/mol. The SMILES string of the molecule is COC(=O)NCCCn1nc([C@@H](C)NC2CC2)c(F)c1C1CCOCC1. The maximum Gasteiger partial charge on any atom is 0.406 e. The van der Waals surface area contributed by atoms with Gasteiger partial charge in [-0.15, -0.1) is 0 Å². The first-order chi connectivity index (χ1) is 12.6. The van der Waals surface area contributed by atoms with E-state index in [9.17, 15) is 4.79 Å². The zero-order chi connectivity index (χ0) is 18.5. The topological polar surface area (TPSA) is 77.4 Å². The van der Waals surface area contributed by atoms with Crippen LogP contribution in [-0.2, 0) is 16.0 Å². The first-order valence-electron chi connectivity index (χ1n) is 9.51. The van der Waals surface area contributed by atoms with E-state index in [1.54, 1.807) is 4.68 Å². The number of halogens is 1. The van der Waals surface area contributed by atoms with Gasteiger partial charge in [0.2, 0.25) is 0 Å². The van der Waals surface area contributed by atoms with Gasteiger partial charge < -0.3 is 20.1 Å². The molecule has 0 bridgehead atoms. The molecule has 2 aliphatic rings. The van der Waals surface area contributed by atoms with Gasteiger partial charge in [0.15, 0.2) is 5.82 Å². The first kappa shape index (κ1) is 19.1. The minimum absolute atomic E-state index is 0.101. The van der Waals surface area contributed by atoms with Crippen molar-refractivity contribution < 1.29 is 18.7 Å². The number of hydrogen-bond acceptors (Lipinski definition) is 5. The number of aromatic nitrogens is 2. The van der Waals surface area contributed by atoms with E-state index < -0.39 is 6.09 Å². The summed E-state index contributed by atoms with van der Waals surface area (Å²) in [6.45, 7) is 4.31. The zero-order valence-corrected chi connectivity index (χ0v) is 15.6. The van der Waals surface area contributed by atoms with Crippen LogP contribution < -0.4 is 10.6 Å². The summed E-state index contributed by atoms with van der Waals surface area (Å²) in [7, 11) is 1.34. The van der Waals surface area contributed by atoms with Gasteiger partial charge in [0, 0.05) is 38.3 Å². The quantitative estimate of drug-likeness (QED) is 0.690. The van der Waals surface area contributed by atoms with E-state index in [1.165, 1.54) is 7.11 Å². The van der Waals surface area contributed by atoms with Crippen LogP contribution in [0.4, 0.5) is 9.18 Å². The summed E-state index contributed by atoms with van der Waals surface area (Å²) in [5.74, 6) is -0.0508. The van der Waals surface area contributed by atoms with Gasteiger partial charge in [-0.1, -0.05) is 0 Å². The van der Waals surface area contributed by atoms with E-state index in [4.69, 9.17) is 4.74 Å². The maximum absolute atomic E-state index is 15.2. The van der Waals surface area contributed by atoms with Crippen molar-refractivity contribution >= 4 is 6.09 Å². The van der Waals surface area contributed by atoms with Gasteiger partial charge in [-0.2, -0.15) is 5.10 Å². The second-order valence-electron chi connectivity index (χ2n) is 7.13. The molecule has 7 nitrogen and oxygen atoms in total. The Morgan fingerprint density at radius 3 is 2.77 bits per heavy atom. The minimum Gasteiger partial charge on any atom is -0.453 e. The van der Waals surface area contributed by atoms with Crippen molar-refractivity contribution in [1.82, 2.24) is 20.4 Å². The summed E-state index contributed by atoms with van der Waals surface area (Å²) in [5, 5.41) is 10.7. The molecule has 2 fully saturated rings. The van der Waals surface area contributed by atoms with Gasteiger partial charge in [0.1, 0.15) is 5.69 Å².